The average Bonchev–Trinajstić information content (AvgIpc) is 2.93. The molecular weight excluding hydrogens is 448 g/mol. The van der Waals surface area contributed by atoms with Crippen LogP contribution in [0.3, 0.4) is 0 Å². The summed E-state index contributed by atoms with van der Waals surface area (Å²) in [7, 11) is 0. The van der Waals surface area contributed by atoms with Crippen LogP contribution in [0.4, 0.5) is 5.00 Å². The standard InChI is InChI=1S/C20H22BrClN2O2S/c1-20(2,3)10-4-6-12-15(8-10)27-19(16(12)17(23)25)24-18(26)13-9-11(21)5-7-14(13)22/h5,7,9-10H,4,6,8H2,1-3H3,(H2,23,25)(H,24,26)/t10-/m1/s1. The maximum atomic E-state index is 12.7. The summed E-state index contributed by atoms with van der Waals surface area (Å²) in [5.41, 5.74) is 7.63. The van der Waals surface area contributed by atoms with Gasteiger partial charge in [0.2, 0.25) is 0 Å². The molecule has 7 heteroatoms. The summed E-state index contributed by atoms with van der Waals surface area (Å²) >= 11 is 11.0. The molecule has 0 radical (unpaired) electrons. The third-order valence-electron chi connectivity index (χ3n) is 5.14. The molecule has 27 heavy (non-hydrogen) atoms. The van der Waals surface area contributed by atoms with E-state index in [1.807, 2.05) is 0 Å². The van der Waals surface area contributed by atoms with Crippen molar-refractivity contribution in [3.8, 4) is 0 Å². The van der Waals surface area contributed by atoms with E-state index in [4.69, 9.17) is 17.3 Å². The Morgan fingerprint density at radius 1 is 1.33 bits per heavy atom. The Morgan fingerprint density at radius 2 is 2.04 bits per heavy atom. The zero-order valence-corrected chi connectivity index (χ0v) is 18.6. The number of nitrogens with two attached hydrogens (primary N) is 1. The largest absolute Gasteiger partial charge is 0.365 e. The van der Waals surface area contributed by atoms with Crippen LogP contribution in [0.2, 0.25) is 5.02 Å². The Kier molecular flexibility index (Phi) is 5.71. The molecule has 3 rings (SSSR count). The van der Waals surface area contributed by atoms with Crippen LogP contribution in [-0.4, -0.2) is 11.8 Å². The Labute approximate surface area is 176 Å². The van der Waals surface area contributed by atoms with Gasteiger partial charge in [-0.25, -0.2) is 0 Å². The minimum atomic E-state index is -0.502. The maximum absolute atomic E-state index is 12.7. The van der Waals surface area contributed by atoms with E-state index in [1.54, 1.807) is 18.2 Å². The monoisotopic (exact) mass is 468 g/mol. The number of hydrogen-bond acceptors (Lipinski definition) is 3. The molecule has 0 fully saturated rings. The second-order valence-corrected chi connectivity index (χ2v) is 10.4. The van der Waals surface area contributed by atoms with Gasteiger partial charge in [-0.1, -0.05) is 48.3 Å². The molecule has 0 unspecified atom stereocenters. The lowest BCUT2D eigenvalue weighted by Gasteiger charge is -2.33. The number of carbonyl (C=O) groups excluding carboxylic acids is 2. The highest BCUT2D eigenvalue weighted by atomic mass is 79.9. The number of nitrogens with one attached hydrogen (secondary N) is 1. The molecule has 1 aliphatic carbocycles. The van der Waals surface area contributed by atoms with Crippen molar-refractivity contribution in [3.05, 3.63) is 49.3 Å². The van der Waals surface area contributed by atoms with Gasteiger partial charge in [0, 0.05) is 9.35 Å². The van der Waals surface area contributed by atoms with Gasteiger partial charge in [0.05, 0.1) is 16.1 Å². The lowest BCUT2D eigenvalue weighted by molar-refractivity contribution is 0.1000. The van der Waals surface area contributed by atoms with Crippen LogP contribution in [0, 0.1) is 11.3 Å². The van der Waals surface area contributed by atoms with Gasteiger partial charge in [-0.15, -0.1) is 11.3 Å². The molecule has 2 amide bonds. The third kappa shape index (κ3) is 4.23. The van der Waals surface area contributed by atoms with Gasteiger partial charge in [0.1, 0.15) is 5.00 Å². The van der Waals surface area contributed by atoms with Crippen LogP contribution in [0.1, 0.15) is 58.3 Å². The van der Waals surface area contributed by atoms with E-state index in [1.165, 1.54) is 11.3 Å². The number of hydrogen-bond donors (Lipinski definition) is 2. The Morgan fingerprint density at radius 3 is 2.67 bits per heavy atom. The fourth-order valence-corrected chi connectivity index (χ4v) is 5.41. The predicted octanol–water partition coefficient (Wildman–Crippen LogP) is 5.67. The first-order valence-corrected chi connectivity index (χ1v) is 10.8. The fraction of sp³-hybridized carbons (Fsp3) is 0.400. The van der Waals surface area contributed by atoms with Gasteiger partial charge in [-0.3, -0.25) is 9.59 Å². The van der Waals surface area contributed by atoms with E-state index in [0.717, 1.165) is 34.2 Å². The predicted molar refractivity (Wildman–Crippen MR) is 115 cm³/mol. The van der Waals surface area contributed by atoms with E-state index >= 15 is 0 Å². The van der Waals surface area contributed by atoms with Crippen molar-refractivity contribution >= 4 is 55.7 Å². The van der Waals surface area contributed by atoms with Crippen LogP contribution in [0.5, 0.6) is 0 Å². The van der Waals surface area contributed by atoms with E-state index in [-0.39, 0.29) is 11.3 Å². The highest BCUT2D eigenvalue weighted by Gasteiger charge is 2.33. The molecule has 1 aromatic carbocycles. The molecule has 0 saturated heterocycles. The molecule has 0 bridgehead atoms. The molecule has 4 nitrogen and oxygen atoms in total. The molecular formula is C20H22BrClN2O2S. The van der Waals surface area contributed by atoms with E-state index < -0.39 is 5.91 Å². The van der Waals surface area contributed by atoms with Crippen molar-refractivity contribution < 1.29 is 9.59 Å². The zero-order valence-electron chi connectivity index (χ0n) is 15.5. The first-order valence-electron chi connectivity index (χ1n) is 8.78. The van der Waals surface area contributed by atoms with Crippen LogP contribution in [0.25, 0.3) is 0 Å². The molecule has 0 spiro atoms. The summed E-state index contributed by atoms with van der Waals surface area (Å²) < 4.78 is 0.755. The van der Waals surface area contributed by atoms with Crippen molar-refractivity contribution in [3.63, 3.8) is 0 Å². The average molecular weight is 470 g/mol. The number of primary amides is 1. The van der Waals surface area contributed by atoms with Crippen molar-refractivity contribution in [2.75, 3.05) is 5.32 Å². The lowest BCUT2D eigenvalue weighted by atomic mass is 9.72. The minimum Gasteiger partial charge on any atom is -0.365 e. The van der Waals surface area contributed by atoms with Crippen molar-refractivity contribution in [2.45, 2.75) is 40.0 Å². The number of rotatable bonds is 3. The molecule has 1 aromatic heterocycles. The number of halogens is 2. The molecule has 144 valence electrons. The Hall–Kier alpha value is -1.37. The summed E-state index contributed by atoms with van der Waals surface area (Å²) in [6.45, 7) is 6.72. The number of carbonyl (C=O) groups is 2. The topological polar surface area (TPSA) is 72.2 Å². The van der Waals surface area contributed by atoms with Crippen molar-refractivity contribution in [1.29, 1.82) is 0 Å². The fourth-order valence-electron chi connectivity index (χ4n) is 3.52. The smallest absolute Gasteiger partial charge is 0.257 e. The number of fused-ring (bicyclic) bond motifs is 1. The van der Waals surface area contributed by atoms with Crippen molar-refractivity contribution in [2.24, 2.45) is 17.1 Å². The second kappa shape index (κ2) is 7.57. The Balaban J connectivity index is 1.95. The highest BCUT2D eigenvalue weighted by Crippen LogP contribution is 2.44. The molecule has 3 N–H and O–H groups in total. The van der Waals surface area contributed by atoms with Gasteiger partial charge < -0.3 is 11.1 Å². The van der Waals surface area contributed by atoms with E-state index in [9.17, 15) is 9.59 Å². The van der Waals surface area contributed by atoms with Crippen LogP contribution >= 0.6 is 38.9 Å². The summed E-state index contributed by atoms with van der Waals surface area (Å²) in [6.07, 6.45) is 2.72. The minimum absolute atomic E-state index is 0.196. The molecule has 1 heterocycles. The highest BCUT2D eigenvalue weighted by molar-refractivity contribution is 9.10. The van der Waals surface area contributed by atoms with Crippen LogP contribution in [0.15, 0.2) is 22.7 Å². The number of benzene rings is 1. The second-order valence-electron chi connectivity index (χ2n) is 7.96. The van der Waals surface area contributed by atoms with Gasteiger partial charge in [-0.2, -0.15) is 0 Å². The molecule has 0 aliphatic heterocycles. The van der Waals surface area contributed by atoms with Gasteiger partial charge in [0.15, 0.2) is 0 Å². The normalized spacial score (nSPS) is 16.7. The van der Waals surface area contributed by atoms with E-state index in [0.29, 0.717) is 27.1 Å². The number of anilines is 1. The molecule has 1 atom stereocenters. The SMILES string of the molecule is CC(C)(C)[C@@H]1CCc2c(sc(NC(=O)c3cc(Br)ccc3Cl)c2C(N)=O)C1. The third-order valence-corrected chi connectivity index (χ3v) is 7.13. The van der Waals surface area contributed by atoms with Gasteiger partial charge in [-0.05, 0) is 54.4 Å². The molecule has 0 saturated carbocycles. The van der Waals surface area contributed by atoms with Gasteiger partial charge >= 0.3 is 0 Å². The summed E-state index contributed by atoms with van der Waals surface area (Å²) in [5, 5.41) is 3.73. The van der Waals surface area contributed by atoms with Crippen LogP contribution < -0.4 is 11.1 Å². The summed E-state index contributed by atoms with van der Waals surface area (Å²) in [4.78, 5) is 26.0. The van der Waals surface area contributed by atoms with Crippen LogP contribution in [-0.2, 0) is 12.8 Å². The van der Waals surface area contributed by atoms with E-state index in [2.05, 4.69) is 42.0 Å². The van der Waals surface area contributed by atoms with Crippen molar-refractivity contribution in [1.82, 2.24) is 0 Å². The first-order chi connectivity index (χ1) is 12.6. The number of amides is 2. The first kappa shape index (κ1) is 20.4. The summed E-state index contributed by atoms with van der Waals surface area (Å²) in [5.74, 6) is -0.320. The number of thiophene rings is 1. The summed E-state index contributed by atoms with van der Waals surface area (Å²) in [6, 6.07) is 5.08. The quantitative estimate of drug-likeness (QED) is 0.608. The zero-order chi connectivity index (χ0) is 19.9. The van der Waals surface area contributed by atoms with Gasteiger partial charge in [0.25, 0.3) is 11.8 Å². The molecule has 2 aromatic rings. The lowest BCUT2D eigenvalue weighted by Crippen LogP contribution is -2.27. The Bertz CT molecular complexity index is 917. The molecule has 1 aliphatic rings. The maximum Gasteiger partial charge on any atom is 0.257 e.